The first-order valence-electron chi connectivity index (χ1n) is 14.8. The number of benzene rings is 2. The Hall–Kier alpha value is -2.88. The van der Waals surface area contributed by atoms with E-state index in [-0.39, 0.29) is 23.8 Å². The largest absolute Gasteiger partial charge is 0.462 e. The minimum Gasteiger partial charge on any atom is -0.462 e. The highest BCUT2D eigenvalue weighted by atomic mass is 35.5. The van der Waals surface area contributed by atoms with Gasteiger partial charge in [0.1, 0.15) is 5.25 Å². The maximum Gasteiger partial charge on any atom is 0.338 e. The smallest absolute Gasteiger partial charge is 0.338 e. The van der Waals surface area contributed by atoms with Crippen molar-refractivity contribution in [1.29, 1.82) is 0 Å². The molecule has 1 N–H and O–H groups in total. The van der Waals surface area contributed by atoms with Crippen LogP contribution in [0.25, 0.3) is 0 Å². The highest BCUT2D eigenvalue weighted by molar-refractivity contribution is 8.15. The summed E-state index contributed by atoms with van der Waals surface area (Å²) in [5.41, 5.74) is 1.51. The zero-order chi connectivity index (χ0) is 29.3. The van der Waals surface area contributed by atoms with Crippen LogP contribution in [-0.4, -0.2) is 58.5 Å². The van der Waals surface area contributed by atoms with Gasteiger partial charge in [0.25, 0.3) is 0 Å². The predicted molar refractivity (Wildman–Crippen MR) is 164 cm³/mol. The molecule has 1 atom stereocenters. The SMILES string of the molecule is CCOC(=O)c1ccc(N=C2SC(C(=O)Nc3cccc(Cl)c3)CC(=O)N2CCOC23CC4CC(CC(C4)C2)C3)cc1. The Labute approximate surface area is 255 Å². The van der Waals surface area contributed by atoms with Gasteiger partial charge in [-0.15, -0.1) is 0 Å². The summed E-state index contributed by atoms with van der Waals surface area (Å²) in [6, 6.07) is 13.6. The van der Waals surface area contributed by atoms with Crippen molar-refractivity contribution in [3.05, 3.63) is 59.1 Å². The topological polar surface area (TPSA) is 97.3 Å². The Morgan fingerprint density at radius 1 is 1.07 bits per heavy atom. The van der Waals surface area contributed by atoms with E-state index in [0.29, 0.717) is 46.9 Å². The third-order valence-corrected chi connectivity index (χ3v) is 10.3. The average molecular weight is 610 g/mol. The van der Waals surface area contributed by atoms with Gasteiger partial charge < -0.3 is 14.8 Å². The molecule has 0 spiro atoms. The summed E-state index contributed by atoms with van der Waals surface area (Å²) in [4.78, 5) is 45.2. The van der Waals surface area contributed by atoms with Crippen LogP contribution in [0.2, 0.25) is 5.02 Å². The van der Waals surface area contributed by atoms with Crippen molar-refractivity contribution in [3.63, 3.8) is 0 Å². The zero-order valence-electron chi connectivity index (χ0n) is 23.7. The monoisotopic (exact) mass is 609 g/mol. The number of hydrogen-bond donors (Lipinski definition) is 1. The highest BCUT2D eigenvalue weighted by Crippen LogP contribution is 2.57. The molecule has 5 fully saturated rings. The molecule has 1 heterocycles. The molecule has 10 heteroatoms. The van der Waals surface area contributed by atoms with Crippen molar-refractivity contribution in [2.75, 3.05) is 25.1 Å². The first-order valence-corrected chi connectivity index (χ1v) is 16.1. The Kier molecular flexibility index (Phi) is 8.61. The van der Waals surface area contributed by atoms with Gasteiger partial charge in [-0.25, -0.2) is 9.79 Å². The number of nitrogens with one attached hydrogen (secondary N) is 1. The number of carbonyl (C=O) groups is 3. The standard InChI is InChI=1S/C32H36ClN3O5S/c1-2-40-30(39)23-6-8-25(9-7-23)35-31-36(10-11-41-32-17-20-12-21(18-32)14-22(13-20)19-32)28(37)16-27(42-31)29(38)34-26-5-3-4-24(33)15-26/h3-9,15,20-22,27H,2,10-14,16-19H2,1H3,(H,34,38). The fourth-order valence-electron chi connectivity index (χ4n) is 7.41. The number of halogens is 1. The van der Waals surface area contributed by atoms with Gasteiger partial charge in [0.15, 0.2) is 5.17 Å². The van der Waals surface area contributed by atoms with E-state index in [1.807, 2.05) is 0 Å². The lowest BCUT2D eigenvalue weighted by molar-refractivity contribution is -0.164. The first-order chi connectivity index (χ1) is 20.3. The molecule has 222 valence electrons. The van der Waals surface area contributed by atoms with E-state index in [1.54, 1.807) is 60.4 Å². The number of amides is 2. The van der Waals surface area contributed by atoms with E-state index in [0.717, 1.165) is 37.0 Å². The van der Waals surface area contributed by atoms with Crippen LogP contribution in [0.4, 0.5) is 11.4 Å². The number of nitrogens with zero attached hydrogens (tertiary/aromatic N) is 2. The number of ether oxygens (including phenoxy) is 2. The molecule has 0 radical (unpaired) electrons. The van der Waals surface area contributed by atoms with Crippen molar-refractivity contribution in [2.24, 2.45) is 22.7 Å². The number of rotatable bonds is 9. The number of aliphatic imine (C=N–C) groups is 1. The minimum absolute atomic E-state index is 0.0508. The lowest BCUT2D eigenvalue weighted by atomic mass is 9.54. The van der Waals surface area contributed by atoms with E-state index < -0.39 is 11.2 Å². The highest BCUT2D eigenvalue weighted by Gasteiger charge is 2.51. The number of anilines is 1. The van der Waals surface area contributed by atoms with Gasteiger partial charge in [-0.2, -0.15) is 0 Å². The molecule has 8 nitrogen and oxygen atoms in total. The van der Waals surface area contributed by atoms with Crippen LogP contribution in [0.15, 0.2) is 53.5 Å². The van der Waals surface area contributed by atoms with Gasteiger partial charge in [0.05, 0.1) is 36.6 Å². The maximum absolute atomic E-state index is 13.5. The van der Waals surface area contributed by atoms with Crippen molar-refractivity contribution < 1.29 is 23.9 Å². The van der Waals surface area contributed by atoms with Crippen molar-refractivity contribution in [2.45, 2.75) is 62.7 Å². The molecule has 1 unspecified atom stereocenters. The van der Waals surface area contributed by atoms with Crippen LogP contribution in [0.1, 0.15) is 62.2 Å². The molecule has 2 amide bonds. The lowest BCUT2D eigenvalue weighted by Gasteiger charge is -2.56. The average Bonchev–Trinajstić information content (AvgIpc) is 2.94. The summed E-state index contributed by atoms with van der Waals surface area (Å²) in [5, 5.41) is 3.17. The minimum atomic E-state index is -0.658. The Balaban J connectivity index is 1.18. The number of hydrogen-bond acceptors (Lipinski definition) is 7. The van der Waals surface area contributed by atoms with Crippen LogP contribution in [0.3, 0.4) is 0 Å². The van der Waals surface area contributed by atoms with Gasteiger partial charge in [-0.3, -0.25) is 14.5 Å². The molecule has 42 heavy (non-hydrogen) atoms. The Morgan fingerprint density at radius 3 is 2.40 bits per heavy atom. The second-order valence-electron chi connectivity index (χ2n) is 12.0. The molecule has 7 rings (SSSR count). The van der Waals surface area contributed by atoms with Crippen molar-refractivity contribution >= 4 is 57.7 Å². The van der Waals surface area contributed by atoms with Crippen LogP contribution in [0, 0.1) is 17.8 Å². The summed E-state index contributed by atoms with van der Waals surface area (Å²) in [7, 11) is 0. The summed E-state index contributed by atoms with van der Waals surface area (Å²) in [6.07, 6.45) is 7.45. The molecule has 2 aromatic rings. The quantitative estimate of drug-likeness (QED) is 0.328. The molecular formula is C32H36ClN3O5S. The summed E-state index contributed by atoms with van der Waals surface area (Å²) < 4.78 is 11.7. The number of thioether (sulfide) groups is 1. The van der Waals surface area contributed by atoms with Crippen molar-refractivity contribution in [3.8, 4) is 0 Å². The summed E-state index contributed by atoms with van der Waals surface area (Å²) >= 11 is 7.35. The zero-order valence-corrected chi connectivity index (χ0v) is 25.3. The molecule has 4 saturated carbocycles. The van der Waals surface area contributed by atoms with Gasteiger partial charge in [-0.1, -0.05) is 29.4 Å². The van der Waals surface area contributed by atoms with E-state index >= 15 is 0 Å². The third kappa shape index (κ3) is 6.53. The summed E-state index contributed by atoms with van der Waals surface area (Å²) in [6.45, 7) is 2.85. The molecule has 5 aliphatic rings. The number of carbonyl (C=O) groups excluding carboxylic acids is 3. The van der Waals surface area contributed by atoms with Gasteiger partial charge in [0.2, 0.25) is 11.8 Å². The Bertz CT molecular complexity index is 1350. The second kappa shape index (κ2) is 12.4. The molecule has 2 aromatic carbocycles. The first kappa shape index (κ1) is 29.2. The Morgan fingerprint density at radius 2 is 1.76 bits per heavy atom. The predicted octanol–water partition coefficient (Wildman–Crippen LogP) is 6.46. The molecule has 0 aromatic heterocycles. The molecule has 4 bridgehead atoms. The third-order valence-electron chi connectivity index (χ3n) is 8.83. The van der Waals surface area contributed by atoms with Crippen LogP contribution < -0.4 is 5.32 Å². The van der Waals surface area contributed by atoms with E-state index in [9.17, 15) is 14.4 Å². The van der Waals surface area contributed by atoms with Crippen molar-refractivity contribution in [1.82, 2.24) is 4.90 Å². The van der Waals surface area contributed by atoms with Gasteiger partial charge in [-0.05, 0) is 106 Å². The number of esters is 1. The molecule has 1 saturated heterocycles. The summed E-state index contributed by atoms with van der Waals surface area (Å²) in [5.74, 6) is 1.47. The van der Waals surface area contributed by atoms with Crippen LogP contribution >= 0.6 is 23.4 Å². The molecule has 1 aliphatic heterocycles. The van der Waals surface area contributed by atoms with E-state index in [4.69, 9.17) is 26.1 Å². The van der Waals surface area contributed by atoms with Crippen LogP contribution in [0.5, 0.6) is 0 Å². The second-order valence-corrected chi connectivity index (χ2v) is 13.6. The fourth-order valence-corrected chi connectivity index (χ4v) is 8.72. The maximum atomic E-state index is 13.5. The molecule has 4 aliphatic carbocycles. The fraction of sp³-hybridized carbons (Fsp3) is 0.500. The van der Waals surface area contributed by atoms with Gasteiger partial charge >= 0.3 is 5.97 Å². The number of amidine groups is 1. The normalized spacial score (nSPS) is 29.1. The van der Waals surface area contributed by atoms with Gasteiger partial charge in [0, 0.05) is 17.1 Å². The van der Waals surface area contributed by atoms with Crippen LogP contribution in [-0.2, 0) is 19.1 Å². The van der Waals surface area contributed by atoms with E-state index in [2.05, 4.69) is 5.32 Å². The molecular weight excluding hydrogens is 574 g/mol. The van der Waals surface area contributed by atoms with E-state index in [1.165, 1.54) is 31.0 Å². The lowest BCUT2D eigenvalue weighted by Crippen LogP contribution is -2.53.